The first-order chi connectivity index (χ1) is 11.6. The zero-order chi connectivity index (χ0) is 18.9. The Morgan fingerprint density at radius 1 is 1.32 bits per heavy atom. The molecule has 0 fully saturated rings. The number of carbonyl (C=O) groups is 2. The number of nitrogens with zero attached hydrogens (tertiary/aromatic N) is 1. The van der Waals surface area contributed by atoms with Gasteiger partial charge in [-0.05, 0) is 45.4 Å². The highest BCUT2D eigenvalue weighted by Gasteiger charge is 2.26. The van der Waals surface area contributed by atoms with Gasteiger partial charge in [-0.15, -0.1) is 0 Å². The lowest BCUT2D eigenvalue weighted by molar-refractivity contribution is -0.386. The molecule has 7 nitrogen and oxygen atoms in total. The summed E-state index contributed by atoms with van der Waals surface area (Å²) in [7, 11) is 0. The Hall–Kier alpha value is -2.67. The summed E-state index contributed by atoms with van der Waals surface area (Å²) in [6.07, 6.45) is -0.989. The summed E-state index contributed by atoms with van der Waals surface area (Å²) >= 11 is 5.76. The fourth-order valence-electron chi connectivity index (χ4n) is 2.70. The first kappa shape index (κ1) is 18.7. The molecule has 0 spiro atoms. The van der Waals surface area contributed by atoms with Crippen LogP contribution in [0.25, 0.3) is 0 Å². The smallest absolute Gasteiger partial charge is 0.312 e. The standard InChI is InChI=1S/C17H17ClN2O5/c1-8-15(10(3)21)9(2)19-16(8)17(22)11(4)25-14-6-5-12(18)7-13(14)20(23)24/h5-7,11,19H,1-4H3/t11-/m0/s1. The van der Waals surface area contributed by atoms with Crippen molar-refractivity contribution in [3.05, 3.63) is 55.9 Å². The van der Waals surface area contributed by atoms with Gasteiger partial charge < -0.3 is 9.72 Å². The van der Waals surface area contributed by atoms with Crippen LogP contribution in [0.1, 0.15) is 46.0 Å². The minimum atomic E-state index is -0.989. The number of nitrogens with one attached hydrogen (secondary N) is 1. The predicted octanol–water partition coefficient (Wildman–Crippen LogP) is 4.05. The van der Waals surface area contributed by atoms with Gasteiger partial charge in [-0.3, -0.25) is 19.7 Å². The maximum atomic E-state index is 12.6. The van der Waals surface area contributed by atoms with Crippen LogP contribution in [0.3, 0.4) is 0 Å². The number of halogens is 1. The van der Waals surface area contributed by atoms with Gasteiger partial charge in [-0.2, -0.15) is 0 Å². The van der Waals surface area contributed by atoms with Gasteiger partial charge >= 0.3 is 5.69 Å². The van der Waals surface area contributed by atoms with Gasteiger partial charge in [0.25, 0.3) is 0 Å². The molecule has 0 aliphatic carbocycles. The number of aromatic nitrogens is 1. The second kappa shape index (κ2) is 7.06. The summed E-state index contributed by atoms with van der Waals surface area (Å²) in [5.74, 6) is -0.604. The maximum absolute atomic E-state index is 12.6. The van der Waals surface area contributed by atoms with Crippen LogP contribution in [-0.2, 0) is 0 Å². The van der Waals surface area contributed by atoms with Crippen LogP contribution in [0.2, 0.25) is 5.02 Å². The first-order valence-electron chi connectivity index (χ1n) is 7.48. The third kappa shape index (κ3) is 3.71. The van der Waals surface area contributed by atoms with Crippen molar-refractivity contribution in [1.29, 1.82) is 0 Å². The molecule has 0 saturated heterocycles. The predicted molar refractivity (Wildman–Crippen MR) is 92.8 cm³/mol. The van der Waals surface area contributed by atoms with E-state index in [0.717, 1.165) is 6.07 Å². The molecule has 0 radical (unpaired) electrons. The fraction of sp³-hybridized carbons (Fsp3) is 0.294. The van der Waals surface area contributed by atoms with E-state index < -0.39 is 16.8 Å². The molecule has 25 heavy (non-hydrogen) atoms. The van der Waals surface area contributed by atoms with Crippen molar-refractivity contribution in [3.63, 3.8) is 0 Å². The Balaban J connectivity index is 2.32. The highest BCUT2D eigenvalue weighted by Crippen LogP contribution is 2.31. The number of nitro groups is 1. The SMILES string of the molecule is CC(=O)c1c(C)[nH]c(C(=O)[C@H](C)Oc2ccc(Cl)cc2[N+](=O)[O-])c1C. The fourth-order valence-corrected chi connectivity index (χ4v) is 2.87. The largest absolute Gasteiger partial charge is 0.475 e. The topological polar surface area (TPSA) is 102 Å². The lowest BCUT2D eigenvalue weighted by Crippen LogP contribution is -2.25. The number of hydrogen-bond acceptors (Lipinski definition) is 5. The van der Waals surface area contributed by atoms with Crippen LogP contribution in [-0.4, -0.2) is 27.6 Å². The summed E-state index contributed by atoms with van der Waals surface area (Å²) in [6.45, 7) is 6.29. The van der Waals surface area contributed by atoms with Crippen LogP contribution in [0.15, 0.2) is 18.2 Å². The number of benzene rings is 1. The molecule has 1 aromatic heterocycles. The number of nitro benzene ring substituents is 1. The van der Waals surface area contributed by atoms with E-state index in [1.807, 2.05) is 0 Å². The molecular formula is C17H17ClN2O5. The molecule has 2 aromatic rings. The van der Waals surface area contributed by atoms with Crippen molar-refractivity contribution in [1.82, 2.24) is 4.98 Å². The molecule has 0 unspecified atom stereocenters. The number of ketones is 2. The third-order valence-electron chi connectivity index (χ3n) is 3.83. The number of rotatable bonds is 6. The average molecular weight is 365 g/mol. The van der Waals surface area contributed by atoms with Crippen LogP contribution in [0.4, 0.5) is 5.69 Å². The summed E-state index contributed by atoms with van der Waals surface area (Å²) in [4.78, 5) is 37.7. The second-order valence-electron chi connectivity index (χ2n) is 5.67. The van der Waals surface area contributed by atoms with Gasteiger partial charge in [0.15, 0.2) is 17.6 Å². The van der Waals surface area contributed by atoms with E-state index >= 15 is 0 Å². The summed E-state index contributed by atoms with van der Waals surface area (Å²) in [6, 6.07) is 3.95. The number of hydrogen-bond donors (Lipinski definition) is 1. The molecule has 0 aliphatic heterocycles. The van der Waals surface area contributed by atoms with Crippen molar-refractivity contribution in [2.24, 2.45) is 0 Å². The van der Waals surface area contributed by atoms with Crippen molar-refractivity contribution < 1.29 is 19.2 Å². The zero-order valence-electron chi connectivity index (χ0n) is 14.2. The number of H-pyrrole nitrogens is 1. The lowest BCUT2D eigenvalue weighted by Gasteiger charge is -2.13. The van der Waals surface area contributed by atoms with Gasteiger partial charge in [-0.25, -0.2) is 0 Å². The number of aromatic amines is 1. The molecule has 8 heteroatoms. The molecule has 0 saturated carbocycles. The zero-order valence-corrected chi connectivity index (χ0v) is 14.9. The Morgan fingerprint density at radius 3 is 2.48 bits per heavy atom. The summed E-state index contributed by atoms with van der Waals surface area (Å²) in [5, 5.41) is 11.3. The van der Waals surface area contributed by atoms with Crippen LogP contribution >= 0.6 is 11.6 Å². The normalized spacial score (nSPS) is 11.9. The van der Waals surface area contributed by atoms with E-state index in [0.29, 0.717) is 16.8 Å². The number of carbonyl (C=O) groups excluding carboxylic acids is 2. The lowest BCUT2D eigenvalue weighted by atomic mass is 10.0. The van der Waals surface area contributed by atoms with Crippen molar-refractivity contribution >= 4 is 28.9 Å². The quantitative estimate of drug-likeness (QED) is 0.473. The van der Waals surface area contributed by atoms with Gasteiger partial charge in [-0.1, -0.05) is 11.6 Å². The molecule has 0 bridgehead atoms. The van der Waals surface area contributed by atoms with Gasteiger partial charge in [0.1, 0.15) is 0 Å². The van der Waals surface area contributed by atoms with Crippen molar-refractivity contribution in [2.45, 2.75) is 33.8 Å². The molecule has 2 rings (SSSR count). The molecule has 1 heterocycles. The molecule has 0 amide bonds. The average Bonchev–Trinajstić information content (AvgIpc) is 2.82. The molecule has 132 valence electrons. The highest BCUT2D eigenvalue weighted by molar-refractivity contribution is 6.30. The second-order valence-corrected chi connectivity index (χ2v) is 6.11. The molecule has 1 N–H and O–H groups in total. The molecule has 1 atom stereocenters. The van der Waals surface area contributed by atoms with Crippen LogP contribution in [0, 0.1) is 24.0 Å². The van der Waals surface area contributed by atoms with E-state index in [2.05, 4.69) is 4.98 Å². The Kier molecular flexibility index (Phi) is 5.27. The number of Topliss-reactive ketones (excluding diaryl/α,β-unsaturated/α-hetero) is 2. The minimum Gasteiger partial charge on any atom is -0.475 e. The minimum absolute atomic E-state index is 0.0528. The van der Waals surface area contributed by atoms with E-state index in [4.69, 9.17) is 16.3 Å². The highest BCUT2D eigenvalue weighted by atomic mass is 35.5. The Morgan fingerprint density at radius 2 is 1.96 bits per heavy atom. The van der Waals surface area contributed by atoms with Crippen LogP contribution < -0.4 is 4.74 Å². The van der Waals surface area contributed by atoms with Crippen LogP contribution in [0.5, 0.6) is 5.75 Å². The number of aryl methyl sites for hydroxylation is 1. The van der Waals surface area contributed by atoms with Gasteiger partial charge in [0, 0.05) is 22.3 Å². The summed E-state index contributed by atoms with van der Waals surface area (Å²) in [5.41, 5.74) is 1.53. The van der Waals surface area contributed by atoms with Crippen molar-refractivity contribution in [3.8, 4) is 5.75 Å². The van der Waals surface area contributed by atoms with E-state index in [1.165, 1.54) is 26.0 Å². The number of ether oxygens (including phenoxy) is 1. The molecule has 0 aliphatic rings. The van der Waals surface area contributed by atoms with E-state index in [-0.39, 0.29) is 27.9 Å². The summed E-state index contributed by atoms with van der Waals surface area (Å²) < 4.78 is 5.49. The maximum Gasteiger partial charge on any atom is 0.312 e. The van der Waals surface area contributed by atoms with Crippen molar-refractivity contribution in [2.75, 3.05) is 0 Å². The van der Waals surface area contributed by atoms with Gasteiger partial charge in [0.2, 0.25) is 5.78 Å². The molecular weight excluding hydrogens is 348 g/mol. The van der Waals surface area contributed by atoms with Gasteiger partial charge in [0.05, 0.1) is 10.6 Å². The molecule has 1 aromatic carbocycles. The Bertz CT molecular complexity index is 872. The van der Waals surface area contributed by atoms with E-state index in [9.17, 15) is 19.7 Å². The first-order valence-corrected chi connectivity index (χ1v) is 7.86. The van der Waals surface area contributed by atoms with E-state index in [1.54, 1.807) is 13.8 Å². The third-order valence-corrected chi connectivity index (χ3v) is 4.06. The monoisotopic (exact) mass is 364 g/mol. The Labute approximate surface area is 149 Å².